The lowest BCUT2D eigenvalue weighted by Crippen LogP contribution is -1.98. The average molecular weight is 262 g/mol. The highest BCUT2D eigenvalue weighted by atomic mass is 31.3. The van der Waals surface area contributed by atoms with Crippen LogP contribution in [0.3, 0.4) is 0 Å². The quantitative estimate of drug-likeness (QED) is 0.401. The van der Waals surface area contributed by atoms with Crippen LogP contribution in [0.15, 0.2) is 11.8 Å². The van der Waals surface area contributed by atoms with Crippen molar-refractivity contribution in [3.05, 3.63) is 11.8 Å². The van der Waals surface area contributed by atoms with Gasteiger partial charge in [-0.3, -0.25) is 4.89 Å². The lowest BCUT2D eigenvalue weighted by atomic mass is 10.4. The van der Waals surface area contributed by atoms with E-state index >= 15 is 0 Å². The van der Waals surface area contributed by atoms with Crippen LogP contribution in [-0.2, 0) is 18.0 Å². The van der Waals surface area contributed by atoms with Crippen molar-refractivity contribution in [3.63, 3.8) is 0 Å². The third kappa shape index (κ3) is 7.70. The first-order chi connectivity index (χ1) is 6.70. The summed E-state index contributed by atoms with van der Waals surface area (Å²) in [6.45, 7) is 0.994. The lowest BCUT2D eigenvalue weighted by molar-refractivity contribution is 0.185. The summed E-state index contributed by atoms with van der Waals surface area (Å²) in [5.41, 5.74) is 0. The van der Waals surface area contributed by atoms with Crippen LogP contribution >= 0.6 is 15.6 Å². The zero-order chi connectivity index (χ0) is 12.1. The third-order valence-corrected chi connectivity index (χ3v) is 3.17. The van der Waals surface area contributed by atoms with Crippen LogP contribution in [-0.4, -0.2) is 26.4 Å². The molecule has 0 aromatic heterocycles. The van der Waals surface area contributed by atoms with Gasteiger partial charge in [0.2, 0.25) is 0 Å². The smallest absolute Gasteiger partial charge is 0.406 e. The van der Waals surface area contributed by atoms with E-state index in [-0.39, 0.29) is 5.76 Å². The van der Waals surface area contributed by atoms with Crippen molar-refractivity contribution >= 4 is 15.6 Å². The molecule has 8 nitrogen and oxygen atoms in total. The van der Waals surface area contributed by atoms with Crippen LogP contribution in [0.1, 0.15) is 13.3 Å². The summed E-state index contributed by atoms with van der Waals surface area (Å²) in [5, 5.41) is 8.64. The van der Waals surface area contributed by atoms with Crippen molar-refractivity contribution in [1.29, 1.82) is 0 Å². The Morgan fingerprint density at radius 3 is 2.20 bits per heavy atom. The molecule has 90 valence electrons. The fourth-order valence-corrected chi connectivity index (χ4v) is 2.29. The van der Waals surface area contributed by atoms with E-state index < -0.39 is 22.3 Å². The van der Waals surface area contributed by atoms with Crippen LogP contribution in [0.5, 0.6) is 0 Å². The van der Waals surface area contributed by atoms with E-state index in [9.17, 15) is 9.13 Å². The molecule has 0 rings (SSSR count). The lowest BCUT2D eigenvalue weighted by Gasteiger charge is -2.14. The Kier molecular flexibility index (Phi) is 5.69. The SMILES string of the molecule is CCC=C(CO)OP(=O)(O)OP(=O)(O)O. The second-order valence-electron chi connectivity index (χ2n) is 2.37. The van der Waals surface area contributed by atoms with Crippen LogP contribution < -0.4 is 0 Å². The van der Waals surface area contributed by atoms with E-state index in [0.717, 1.165) is 0 Å². The molecule has 0 saturated heterocycles. The number of hydrogen-bond donors (Lipinski definition) is 4. The molecule has 1 unspecified atom stereocenters. The molecule has 0 bridgehead atoms. The van der Waals surface area contributed by atoms with Gasteiger partial charge in [0.25, 0.3) is 0 Å². The zero-order valence-corrected chi connectivity index (χ0v) is 9.60. The van der Waals surface area contributed by atoms with E-state index in [0.29, 0.717) is 6.42 Å². The van der Waals surface area contributed by atoms with Gasteiger partial charge in [0.1, 0.15) is 12.4 Å². The Labute approximate surface area is 86.0 Å². The fraction of sp³-hybridized carbons (Fsp3) is 0.600. The van der Waals surface area contributed by atoms with E-state index in [2.05, 4.69) is 8.83 Å². The summed E-state index contributed by atoms with van der Waals surface area (Å²) in [4.78, 5) is 25.4. The second kappa shape index (κ2) is 5.77. The van der Waals surface area contributed by atoms with Gasteiger partial charge in [0.05, 0.1) is 0 Å². The number of aliphatic hydroxyl groups excluding tert-OH is 1. The Morgan fingerprint density at radius 2 is 1.87 bits per heavy atom. The van der Waals surface area contributed by atoms with Crippen LogP contribution in [0.25, 0.3) is 0 Å². The monoisotopic (exact) mass is 262 g/mol. The topological polar surface area (TPSA) is 134 Å². The second-order valence-corrected chi connectivity index (χ2v) is 5.12. The molecule has 0 amide bonds. The highest BCUT2D eigenvalue weighted by Gasteiger charge is 2.34. The minimum atomic E-state index is -5.12. The zero-order valence-electron chi connectivity index (χ0n) is 7.81. The van der Waals surface area contributed by atoms with E-state index in [1.807, 2.05) is 0 Å². The van der Waals surface area contributed by atoms with Crippen molar-refractivity contribution in [2.75, 3.05) is 6.61 Å². The van der Waals surface area contributed by atoms with Crippen LogP contribution in [0, 0.1) is 0 Å². The molecule has 0 aromatic rings. The van der Waals surface area contributed by atoms with Gasteiger partial charge in [-0.15, -0.1) is 0 Å². The molecule has 0 aliphatic carbocycles. The minimum Gasteiger partial charge on any atom is -0.406 e. The predicted molar refractivity (Wildman–Crippen MR) is 49.5 cm³/mol. The van der Waals surface area contributed by atoms with E-state index in [1.165, 1.54) is 6.08 Å². The molecular formula is C5H12O8P2. The fourth-order valence-electron chi connectivity index (χ4n) is 0.658. The summed E-state index contributed by atoms with van der Waals surface area (Å²) in [6.07, 6.45) is 1.68. The van der Waals surface area contributed by atoms with Gasteiger partial charge >= 0.3 is 15.6 Å². The molecule has 0 heterocycles. The van der Waals surface area contributed by atoms with Gasteiger partial charge in [-0.05, 0) is 12.5 Å². The molecule has 0 aromatic carbocycles. The van der Waals surface area contributed by atoms with Gasteiger partial charge < -0.3 is 19.4 Å². The van der Waals surface area contributed by atoms with Gasteiger partial charge in [-0.1, -0.05) is 6.92 Å². The van der Waals surface area contributed by atoms with E-state index in [1.54, 1.807) is 6.92 Å². The summed E-state index contributed by atoms with van der Waals surface area (Å²) in [7, 11) is -10.0. The van der Waals surface area contributed by atoms with Crippen LogP contribution in [0.4, 0.5) is 0 Å². The first-order valence-corrected chi connectivity index (χ1v) is 6.82. The number of aliphatic hydroxyl groups is 1. The Hall–Kier alpha value is -0.200. The summed E-state index contributed by atoms with van der Waals surface area (Å²) in [5.74, 6) is -0.295. The molecule has 0 saturated carbocycles. The molecule has 4 N–H and O–H groups in total. The maximum atomic E-state index is 10.9. The van der Waals surface area contributed by atoms with Crippen LogP contribution in [0.2, 0.25) is 0 Å². The molecule has 0 fully saturated rings. The Bertz CT molecular complexity index is 317. The van der Waals surface area contributed by atoms with Crippen molar-refractivity contribution < 1.29 is 37.8 Å². The molecule has 10 heteroatoms. The maximum Gasteiger partial charge on any atom is 0.536 e. The number of rotatable bonds is 6. The summed E-state index contributed by atoms with van der Waals surface area (Å²) < 4.78 is 28.9. The van der Waals surface area contributed by atoms with Crippen molar-refractivity contribution in [2.24, 2.45) is 0 Å². The van der Waals surface area contributed by atoms with E-state index in [4.69, 9.17) is 19.8 Å². The highest BCUT2D eigenvalue weighted by Crippen LogP contribution is 2.58. The van der Waals surface area contributed by atoms with Crippen molar-refractivity contribution in [3.8, 4) is 0 Å². The maximum absolute atomic E-state index is 10.9. The van der Waals surface area contributed by atoms with Gasteiger partial charge in [0, 0.05) is 0 Å². The molecule has 1 atom stereocenters. The molecular weight excluding hydrogens is 250 g/mol. The Balaban J connectivity index is 4.56. The highest BCUT2D eigenvalue weighted by molar-refractivity contribution is 7.60. The average Bonchev–Trinajstić information content (AvgIpc) is 1.98. The van der Waals surface area contributed by atoms with Crippen molar-refractivity contribution in [1.82, 2.24) is 0 Å². The molecule has 0 aliphatic heterocycles. The summed E-state index contributed by atoms with van der Waals surface area (Å²) in [6, 6.07) is 0. The number of allylic oxidation sites excluding steroid dienone is 1. The largest absolute Gasteiger partial charge is 0.536 e. The molecule has 0 aliphatic rings. The molecule has 15 heavy (non-hydrogen) atoms. The predicted octanol–water partition coefficient (Wildman–Crippen LogP) is 0.499. The third-order valence-electron chi connectivity index (χ3n) is 1.03. The summed E-state index contributed by atoms with van der Waals surface area (Å²) >= 11 is 0. The first-order valence-electron chi connectivity index (χ1n) is 3.79. The number of phosphoric acid groups is 2. The standard InChI is InChI=1S/C5H12O8P2/c1-2-3-5(4-6)12-15(10,11)13-14(7,8)9/h3,6H,2,4H2,1H3,(H,10,11)(H2,7,8,9). The number of phosphoric ester groups is 1. The first kappa shape index (κ1) is 14.8. The molecule has 0 radical (unpaired) electrons. The normalized spacial score (nSPS) is 17.3. The van der Waals surface area contributed by atoms with Gasteiger partial charge in [0.15, 0.2) is 0 Å². The number of hydrogen-bond acceptors (Lipinski definition) is 5. The minimum absolute atomic E-state index is 0.295. The van der Waals surface area contributed by atoms with Crippen molar-refractivity contribution in [2.45, 2.75) is 13.3 Å². The Morgan fingerprint density at radius 1 is 1.33 bits per heavy atom. The van der Waals surface area contributed by atoms with Gasteiger partial charge in [-0.25, -0.2) is 9.13 Å². The molecule has 0 spiro atoms. The van der Waals surface area contributed by atoms with Gasteiger partial charge in [-0.2, -0.15) is 4.31 Å².